The van der Waals surface area contributed by atoms with Crippen LogP contribution in [0.5, 0.6) is 0 Å². The van der Waals surface area contributed by atoms with Gasteiger partial charge in [-0.15, -0.1) is 0 Å². The standard InChI is InChI=1S/C25H20Cl3F3N2S/c26-17-11-16(12-18(27)13-17)24(25(29,30)31)8-10-33(15-24)20-5-6-21(22(28)14-20)23(34)7-4-19-3-1-2-9-32-19/h1-3,5-6,9,11-14H,4,7-8,10,15H2. The summed E-state index contributed by atoms with van der Waals surface area (Å²) in [5, 5.41) is 0.770. The van der Waals surface area contributed by atoms with Crippen LogP contribution in [0, 0.1) is 0 Å². The molecule has 1 aliphatic heterocycles. The maximum absolute atomic E-state index is 14.4. The second-order valence-electron chi connectivity index (χ2n) is 8.32. The Morgan fingerprint density at radius 3 is 2.38 bits per heavy atom. The van der Waals surface area contributed by atoms with Gasteiger partial charge in [0.25, 0.3) is 0 Å². The Balaban J connectivity index is 1.55. The Morgan fingerprint density at radius 1 is 1.03 bits per heavy atom. The lowest BCUT2D eigenvalue weighted by Crippen LogP contribution is -2.44. The molecule has 1 fully saturated rings. The summed E-state index contributed by atoms with van der Waals surface area (Å²) in [6.07, 6.45) is -1.59. The Morgan fingerprint density at radius 2 is 1.76 bits per heavy atom. The molecule has 1 aliphatic rings. The zero-order valence-corrected chi connectivity index (χ0v) is 21.0. The number of rotatable bonds is 6. The number of thiocarbonyl (C=S) groups is 1. The molecule has 1 saturated heterocycles. The third-order valence-electron chi connectivity index (χ3n) is 6.18. The molecule has 3 aromatic rings. The maximum Gasteiger partial charge on any atom is 0.400 e. The quantitative estimate of drug-likeness (QED) is 0.231. The Kier molecular flexibility index (Phi) is 7.44. The lowest BCUT2D eigenvalue weighted by Gasteiger charge is -2.33. The molecule has 0 amide bonds. The topological polar surface area (TPSA) is 16.1 Å². The number of anilines is 1. The summed E-state index contributed by atoms with van der Waals surface area (Å²) >= 11 is 24.1. The highest BCUT2D eigenvalue weighted by atomic mass is 35.5. The van der Waals surface area contributed by atoms with Crippen molar-refractivity contribution < 1.29 is 13.2 Å². The molecule has 0 radical (unpaired) electrons. The molecule has 2 nitrogen and oxygen atoms in total. The summed E-state index contributed by atoms with van der Waals surface area (Å²) in [5.74, 6) is 0. The van der Waals surface area contributed by atoms with E-state index in [1.54, 1.807) is 29.3 Å². The Hall–Kier alpha value is -1.86. The van der Waals surface area contributed by atoms with E-state index in [2.05, 4.69) is 4.98 Å². The van der Waals surface area contributed by atoms with Crippen LogP contribution in [-0.4, -0.2) is 29.1 Å². The summed E-state index contributed by atoms with van der Waals surface area (Å²) < 4.78 is 43.1. The fourth-order valence-electron chi connectivity index (χ4n) is 4.34. The Labute approximate surface area is 216 Å². The summed E-state index contributed by atoms with van der Waals surface area (Å²) in [5.41, 5.74) is 0.238. The molecule has 1 aromatic heterocycles. The van der Waals surface area contributed by atoms with Gasteiger partial charge in [0, 0.05) is 51.1 Å². The van der Waals surface area contributed by atoms with E-state index in [-0.39, 0.29) is 35.1 Å². The molecule has 1 atom stereocenters. The van der Waals surface area contributed by atoms with E-state index in [1.165, 1.54) is 18.2 Å². The van der Waals surface area contributed by atoms with Gasteiger partial charge in [0.2, 0.25) is 0 Å². The van der Waals surface area contributed by atoms with Crippen LogP contribution in [0.15, 0.2) is 60.8 Å². The number of hydrogen-bond acceptors (Lipinski definition) is 3. The molecule has 178 valence electrons. The van der Waals surface area contributed by atoms with Gasteiger partial charge >= 0.3 is 6.18 Å². The molecule has 2 aromatic carbocycles. The zero-order chi connectivity index (χ0) is 24.5. The zero-order valence-electron chi connectivity index (χ0n) is 17.9. The molecule has 0 N–H and O–H groups in total. The van der Waals surface area contributed by atoms with Crippen LogP contribution >= 0.6 is 47.0 Å². The van der Waals surface area contributed by atoms with Crippen LogP contribution in [0.1, 0.15) is 29.7 Å². The van der Waals surface area contributed by atoms with Crippen LogP contribution in [-0.2, 0) is 11.8 Å². The molecule has 9 heteroatoms. The Bertz CT molecular complexity index is 1180. The first-order valence-electron chi connectivity index (χ1n) is 10.6. The van der Waals surface area contributed by atoms with E-state index >= 15 is 0 Å². The van der Waals surface area contributed by atoms with Gasteiger partial charge in [-0.25, -0.2) is 0 Å². The summed E-state index contributed by atoms with van der Waals surface area (Å²) in [6.45, 7) is -0.0452. The van der Waals surface area contributed by atoms with Gasteiger partial charge in [0.15, 0.2) is 0 Å². The van der Waals surface area contributed by atoms with Gasteiger partial charge < -0.3 is 4.90 Å². The average molecular weight is 544 g/mol. The highest BCUT2D eigenvalue weighted by Gasteiger charge is 2.59. The van der Waals surface area contributed by atoms with Crippen molar-refractivity contribution in [3.8, 4) is 0 Å². The summed E-state index contributed by atoms with van der Waals surface area (Å²) in [6, 6.07) is 15.1. The molecule has 0 aliphatic carbocycles. The number of alkyl halides is 3. The van der Waals surface area contributed by atoms with Crippen molar-refractivity contribution in [1.82, 2.24) is 4.98 Å². The first-order valence-corrected chi connectivity index (χ1v) is 12.1. The number of aromatic nitrogens is 1. The van der Waals surface area contributed by atoms with Gasteiger partial charge in [-0.2, -0.15) is 13.2 Å². The van der Waals surface area contributed by atoms with Crippen molar-refractivity contribution in [2.75, 3.05) is 18.0 Å². The lowest BCUT2D eigenvalue weighted by atomic mass is 9.79. The number of hydrogen-bond donors (Lipinski definition) is 0. The number of nitrogens with zero attached hydrogens (tertiary/aromatic N) is 2. The molecule has 0 bridgehead atoms. The minimum Gasteiger partial charge on any atom is -0.370 e. The van der Waals surface area contributed by atoms with E-state index in [9.17, 15) is 13.2 Å². The SMILES string of the molecule is FC(F)(F)C1(c2cc(Cl)cc(Cl)c2)CCN(c2ccc(C(=S)CCc3ccccn3)c(Cl)c2)C1. The van der Waals surface area contributed by atoms with Crippen LogP contribution in [0.4, 0.5) is 18.9 Å². The second-order valence-corrected chi connectivity index (χ2v) is 10.1. The second kappa shape index (κ2) is 10.0. The fraction of sp³-hybridized carbons (Fsp3) is 0.280. The molecule has 0 spiro atoms. The number of benzene rings is 2. The van der Waals surface area contributed by atoms with Crippen molar-refractivity contribution >= 4 is 57.6 Å². The first-order chi connectivity index (χ1) is 16.1. The highest BCUT2D eigenvalue weighted by molar-refractivity contribution is 7.80. The van der Waals surface area contributed by atoms with Gasteiger partial charge in [-0.05, 0) is 67.3 Å². The number of pyridine rings is 1. The highest BCUT2D eigenvalue weighted by Crippen LogP contribution is 2.49. The third kappa shape index (κ3) is 5.20. The number of aryl methyl sites for hydroxylation is 1. The summed E-state index contributed by atoms with van der Waals surface area (Å²) in [4.78, 5) is 6.67. The minimum absolute atomic E-state index is 0.0680. The van der Waals surface area contributed by atoms with Crippen LogP contribution < -0.4 is 4.90 Å². The normalized spacial score (nSPS) is 18.4. The van der Waals surface area contributed by atoms with E-state index in [4.69, 9.17) is 47.0 Å². The van der Waals surface area contributed by atoms with Gasteiger partial charge in [0.1, 0.15) is 5.41 Å². The smallest absolute Gasteiger partial charge is 0.370 e. The molecule has 0 saturated carbocycles. The molecule has 2 heterocycles. The third-order valence-corrected chi connectivity index (χ3v) is 7.35. The lowest BCUT2D eigenvalue weighted by molar-refractivity contribution is -0.184. The predicted molar refractivity (Wildman–Crippen MR) is 137 cm³/mol. The molecule has 34 heavy (non-hydrogen) atoms. The van der Waals surface area contributed by atoms with Crippen LogP contribution in [0.2, 0.25) is 15.1 Å². The van der Waals surface area contributed by atoms with Gasteiger partial charge in [-0.1, -0.05) is 59.2 Å². The van der Waals surface area contributed by atoms with Crippen molar-refractivity contribution in [2.24, 2.45) is 0 Å². The van der Waals surface area contributed by atoms with E-state index < -0.39 is 11.6 Å². The van der Waals surface area contributed by atoms with Crippen LogP contribution in [0.3, 0.4) is 0 Å². The van der Waals surface area contributed by atoms with Gasteiger partial charge in [-0.3, -0.25) is 4.98 Å². The first kappa shape index (κ1) is 25.2. The van der Waals surface area contributed by atoms with Crippen molar-refractivity contribution in [3.05, 3.63) is 92.7 Å². The van der Waals surface area contributed by atoms with Crippen LogP contribution in [0.25, 0.3) is 0 Å². The van der Waals surface area contributed by atoms with E-state index in [0.717, 1.165) is 5.69 Å². The number of halogens is 6. The molecular formula is C25H20Cl3F3N2S. The summed E-state index contributed by atoms with van der Waals surface area (Å²) in [7, 11) is 0. The maximum atomic E-state index is 14.4. The van der Waals surface area contributed by atoms with Crippen molar-refractivity contribution in [3.63, 3.8) is 0 Å². The minimum atomic E-state index is -4.48. The fourth-order valence-corrected chi connectivity index (χ4v) is 5.49. The van der Waals surface area contributed by atoms with Crippen molar-refractivity contribution in [2.45, 2.75) is 30.9 Å². The molecular weight excluding hydrogens is 524 g/mol. The molecule has 1 unspecified atom stereocenters. The largest absolute Gasteiger partial charge is 0.400 e. The van der Waals surface area contributed by atoms with Crippen molar-refractivity contribution in [1.29, 1.82) is 0 Å². The molecule has 4 rings (SSSR count). The van der Waals surface area contributed by atoms with Gasteiger partial charge in [0.05, 0.1) is 5.02 Å². The van der Waals surface area contributed by atoms with E-state index in [1.807, 2.05) is 18.2 Å². The predicted octanol–water partition coefficient (Wildman–Crippen LogP) is 8.10. The average Bonchev–Trinajstić information content (AvgIpc) is 3.25. The monoisotopic (exact) mass is 542 g/mol. The van der Waals surface area contributed by atoms with E-state index in [0.29, 0.717) is 34.0 Å².